The Balaban J connectivity index is 2.42. The molecule has 0 radical (unpaired) electrons. The van der Waals surface area contributed by atoms with E-state index in [9.17, 15) is 4.79 Å². The quantitative estimate of drug-likeness (QED) is 0.388. The molecule has 3 nitrogen and oxygen atoms in total. The number of aryl methyl sites for hydroxylation is 1. The summed E-state index contributed by atoms with van der Waals surface area (Å²) in [4.78, 5) is 12.7. The van der Waals surface area contributed by atoms with Crippen LogP contribution in [0.4, 0.5) is 0 Å². The van der Waals surface area contributed by atoms with Crippen molar-refractivity contribution in [1.29, 1.82) is 0 Å². The van der Waals surface area contributed by atoms with Crippen molar-refractivity contribution in [2.24, 2.45) is 0 Å². The van der Waals surface area contributed by atoms with Crippen molar-refractivity contribution < 1.29 is 14.3 Å². The molecule has 144 valence electrons. The Hall–Kier alpha value is -2.55. The third-order valence-electron chi connectivity index (χ3n) is 4.92. The zero-order valence-corrected chi connectivity index (χ0v) is 16.7. The smallest absolute Gasteiger partial charge is 0.161 e. The Kier molecular flexibility index (Phi) is 8.12. The van der Waals surface area contributed by atoms with Crippen molar-refractivity contribution in [3.8, 4) is 11.5 Å². The van der Waals surface area contributed by atoms with Crippen LogP contribution in [0.2, 0.25) is 0 Å². The van der Waals surface area contributed by atoms with Gasteiger partial charge in [-0.2, -0.15) is 0 Å². The second-order valence-electron chi connectivity index (χ2n) is 6.64. The van der Waals surface area contributed by atoms with E-state index in [2.05, 4.69) is 12.6 Å². The zero-order chi connectivity index (χ0) is 19.6. The lowest BCUT2D eigenvalue weighted by Crippen LogP contribution is -2.15. The van der Waals surface area contributed by atoms with Gasteiger partial charge in [-0.1, -0.05) is 43.3 Å². The Morgan fingerprint density at radius 1 is 1.07 bits per heavy atom. The van der Waals surface area contributed by atoms with E-state index in [1.54, 1.807) is 14.2 Å². The monoisotopic (exact) mass is 366 g/mol. The summed E-state index contributed by atoms with van der Waals surface area (Å²) in [6.07, 6.45) is 6.03. The largest absolute Gasteiger partial charge is 0.493 e. The van der Waals surface area contributed by atoms with E-state index in [0.29, 0.717) is 18.6 Å². The van der Waals surface area contributed by atoms with Crippen LogP contribution in [0, 0.1) is 0 Å². The summed E-state index contributed by atoms with van der Waals surface area (Å²) in [5.74, 6) is 1.55. The maximum absolute atomic E-state index is 12.7. The Morgan fingerprint density at radius 2 is 1.70 bits per heavy atom. The predicted octanol–water partition coefficient (Wildman–Crippen LogP) is 5.52. The molecule has 1 atom stereocenters. The third kappa shape index (κ3) is 5.46. The number of unbranched alkanes of at least 4 members (excludes halogenated alkanes) is 1. The Bertz CT molecular complexity index is 750. The maximum Gasteiger partial charge on any atom is 0.161 e. The number of Topliss-reactive ketones (excluding diaryl/α,β-unsaturated/α-hetero) is 1. The first-order chi connectivity index (χ1) is 13.1. The van der Waals surface area contributed by atoms with E-state index in [0.717, 1.165) is 36.1 Å². The molecule has 2 aromatic rings. The molecule has 0 aliphatic heterocycles. The predicted molar refractivity (Wildman–Crippen MR) is 111 cm³/mol. The molecule has 0 spiro atoms. The fourth-order valence-electron chi connectivity index (χ4n) is 3.39. The number of ether oxygens (including phenoxy) is 2. The summed E-state index contributed by atoms with van der Waals surface area (Å²) in [6, 6.07) is 14.1. The summed E-state index contributed by atoms with van der Waals surface area (Å²) in [7, 11) is 3.29. The van der Waals surface area contributed by atoms with Gasteiger partial charge < -0.3 is 9.47 Å². The first-order valence-electron chi connectivity index (χ1n) is 9.56. The molecule has 0 bridgehead atoms. The summed E-state index contributed by atoms with van der Waals surface area (Å²) in [6.45, 7) is 5.74. The number of benzene rings is 2. The molecule has 1 unspecified atom stereocenters. The summed E-state index contributed by atoms with van der Waals surface area (Å²) in [5.41, 5.74) is 3.42. The minimum atomic E-state index is -0.146. The van der Waals surface area contributed by atoms with Gasteiger partial charge in [-0.3, -0.25) is 4.79 Å². The van der Waals surface area contributed by atoms with Crippen LogP contribution in [0.3, 0.4) is 0 Å². The summed E-state index contributed by atoms with van der Waals surface area (Å²) in [5, 5.41) is 0. The van der Waals surface area contributed by atoms with Gasteiger partial charge in [0, 0.05) is 12.3 Å². The highest BCUT2D eigenvalue weighted by Gasteiger charge is 2.22. The van der Waals surface area contributed by atoms with E-state index in [4.69, 9.17) is 9.47 Å². The molecule has 3 heteroatoms. The van der Waals surface area contributed by atoms with Crippen LogP contribution >= 0.6 is 0 Å². The van der Waals surface area contributed by atoms with Gasteiger partial charge in [-0.25, -0.2) is 0 Å². The number of rotatable bonds is 11. The lowest BCUT2D eigenvalue weighted by molar-refractivity contribution is -0.120. The topological polar surface area (TPSA) is 35.5 Å². The van der Waals surface area contributed by atoms with Gasteiger partial charge in [0.2, 0.25) is 0 Å². The maximum atomic E-state index is 12.7. The van der Waals surface area contributed by atoms with E-state index >= 15 is 0 Å². The lowest BCUT2D eigenvalue weighted by Gasteiger charge is -2.20. The highest BCUT2D eigenvalue weighted by Crippen LogP contribution is 2.34. The zero-order valence-electron chi connectivity index (χ0n) is 16.7. The molecule has 0 heterocycles. The van der Waals surface area contributed by atoms with Gasteiger partial charge in [0.15, 0.2) is 11.5 Å². The van der Waals surface area contributed by atoms with Crippen molar-refractivity contribution in [2.45, 2.75) is 44.9 Å². The molecule has 0 saturated carbocycles. The highest BCUT2D eigenvalue weighted by atomic mass is 16.5. The number of hydrogen-bond acceptors (Lipinski definition) is 3. The number of hydrogen-bond donors (Lipinski definition) is 0. The number of carbonyl (C=O) groups is 1. The molecule has 0 N–H and O–H groups in total. The lowest BCUT2D eigenvalue weighted by atomic mass is 9.85. The Morgan fingerprint density at radius 3 is 2.26 bits per heavy atom. The van der Waals surface area contributed by atoms with Crippen molar-refractivity contribution in [1.82, 2.24) is 0 Å². The van der Waals surface area contributed by atoms with Crippen LogP contribution in [0.5, 0.6) is 11.5 Å². The normalized spacial score (nSPS) is 11.7. The molecule has 0 aliphatic carbocycles. The molecule has 0 aromatic heterocycles. The van der Waals surface area contributed by atoms with E-state index in [1.165, 1.54) is 5.56 Å². The number of carbonyl (C=O) groups excluding carboxylic acids is 1. The van der Waals surface area contributed by atoms with Crippen LogP contribution in [-0.2, 0) is 17.6 Å². The van der Waals surface area contributed by atoms with E-state index in [-0.39, 0.29) is 11.7 Å². The van der Waals surface area contributed by atoms with Crippen molar-refractivity contribution >= 4 is 5.78 Å². The molecule has 27 heavy (non-hydrogen) atoms. The summed E-state index contributed by atoms with van der Waals surface area (Å²) >= 11 is 0. The second-order valence-corrected chi connectivity index (χ2v) is 6.64. The molecule has 0 saturated heterocycles. The fourth-order valence-corrected chi connectivity index (χ4v) is 3.39. The van der Waals surface area contributed by atoms with Crippen LogP contribution in [-0.4, -0.2) is 20.0 Å². The van der Waals surface area contributed by atoms with Crippen molar-refractivity contribution in [3.05, 3.63) is 71.8 Å². The van der Waals surface area contributed by atoms with Crippen LogP contribution in [0.15, 0.2) is 55.1 Å². The standard InChI is InChI=1S/C24H30O3/c1-5-7-9-14-19-16-23(26-3)24(27-4)17-20(19)15-21(22(25)6-2)18-12-10-8-11-13-18/h5,8,10-13,16-17,21H,1,6-7,9,14-15H2,2-4H3. The average molecular weight is 367 g/mol. The van der Waals surface area contributed by atoms with Crippen molar-refractivity contribution in [3.63, 3.8) is 0 Å². The van der Waals surface area contributed by atoms with Gasteiger partial charge in [0.05, 0.1) is 14.2 Å². The molecule has 0 aliphatic rings. The number of ketones is 1. The average Bonchev–Trinajstić information content (AvgIpc) is 2.72. The fraction of sp³-hybridized carbons (Fsp3) is 0.375. The highest BCUT2D eigenvalue weighted by molar-refractivity contribution is 5.85. The molecule has 0 fully saturated rings. The summed E-state index contributed by atoms with van der Waals surface area (Å²) < 4.78 is 11.0. The van der Waals surface area contributed by atoms with Crippen LogP contribution in [0.25, 0.3) is 0 Å². The van der Waals surface area contributed by atoms with Crippen molar-refractivity contribution in [2.75, 3.05) is 14.2 Å². The minimum absolute atomic E-state index is 0.146. The second kappa shape index (κ2) is 10.6. The van der Waals surface area contributed by atoms with Gasteiger partial charge in [-0.05, 0) is 54.5 Å². The number of allylic oxidation sites excluding steroid dienone is 1. The molecule has 2 aromatic carbocycles. The van der Waals surface area contributed by atoms with Gasteiger partial charge in [0.25, 0.3) is 0 Å². The van der Waals surface area contributed by atoms with Gasteiger partial charge in [-0.15, -0.1) is 6.58 Å². The van der Waals surface area contributed by atoms with Crippen LogP contribution < -0.4 is 9.47 Å². The van der Waals surface area contributed by atoms with Gasteiger partial charge in [0.1, 0.15) is 5.78 Å². The van der Waals surface area contributed by atoms with Gasteiger partial charge >= 0.3 is 0 Å². The SMILES string of the molecule is C=CCCCc1cc(OC)c(OC)cc1CC(C(=O)CC)c1ccccc1. The number of methoxy groups -OCH3 is 2. The van der Waals surface area contributed by atoms with E-state index < -0.39 is 0 Å². The Labute approximate surface area is 163 Å². The molecule has 0 amide bonds. The van der Waals surface area contributed by atoms with Crippen LogP contribution in [0.1, 0.15) is 48.8 Å². The van der Waals surface area contributed by atoms with E-state index in [1.807, 2.05) is 49.4 Å². The molecule has 2 rings (SSSR count). The first kappa shape index (κ1) is 20.8. The molecular weight excluding hydrogens is 336 g/mol. The molecular formula is C24H30O3. The third-order valence-corrected chi connectivity index (χ3v) is 4.92. The minimum Gasteiger partial charge on any atom is -0.493 e. The first-order valence-corrected chi connectivity index (χ1v) is 9.56.